The van der Waals surface area contributed by atoms with Crippen molar-refractivity contribution in [3.8, 4) is 0 Å². The molecule has 0 radical (unpaired) electrons. The fraction of sp³-hybridized carbons (Fsp3) is 0.583. The van der Waals surface area contributed by atoms with E-state index in [4.69, 9.17) is 4.74 Å². The summed E-state index contributed by atoms with van der Waals surface area (Å²) >= 11 is 8.66. The van der Waals surface area contributed by atoms with Gasteiger partial charge in [-0.25, -0.2) is 0 Å². The van der Waals surface area contributed by atoms with Crippen molar-refractivity contribution in [2.45, 2.75) is 37.5 Å². The van der Waals surface area contributed by atoms with Crippen LogP contribution in [-0.4, -0.2) is 13.1 Å². The molecule has 1 fully saturated rings. The first-order valence-corrected chi connectivity index (χ1v) is 8.04. The van der Waals surface area contributed by atoms with Crippen molar-refractivity contribution >= 4 is 49.2 Å². The van der Waals surface area contributed by atoms with Crippen LogP contribution in [0.3, 0.4) is 0 Å². The first-order chi connectivity index (χ1) is 8.10. The predicted octanol–water partition coefficient (Wildman–Crippen LogP) is 4.65. The van der Waals surface area contributed by atoms with Gasteiger partial charge in [-0.2, -0.15) is 0 Å². The van der Waals surface area contributed by atoms with Gasteiger partial charge < -0.3 is 4.74 Å². The molecule has 1 saturated carbocycles. The average Bonchev–Trinajstić information content (AvgIpc) is 2.68. The van der Waals surface area contributed by atoms with Crippen LogP contribution in [0.25, 0.3) is 0 Å². The Morgan fingerprint density at radius 2 is 2.00 bits per heavy atom. The van der Waals surface area contributed by atoms with Crippen LogP contribution in [-0.2, 0) is 14.9 Å². The van der Waals surface area contributed by atoms with Crippen LogP contribution in [0.1, 0.15) is 37.7 Å². The van der Waals surface area contributed by atoms with E-state index in [1.165, 1.54) is 13.5 Å². The summed E-state index contributed by atoms with van der Waals surface area (Å²) in [7, 11) is 1.48. The van der Waals surface area contributed by atoms with Crippen LogP contribution in [0.4, 0.5) is 0 Å². The van der Waals surface area contributed by atoms with Gasteiger partial charge >= 0.3 is 5.97 Å². The summed E-state index contributed by atoms with van der Waals surface area (Å²) in [6, 6.07) is 2.05. The lowest BCUT2D eigenvalue weighted by atomic mass is 9.70. The lowest BCUT2D eigenvalue weighted by molar-refractivity contribution is -0.149. The zero-order valence-electron chi connectivity index (χ0n) is 9.59. The average molecular weight is 382 g/mol. The molecule has 0 saturated heterocycles. The highest BCUT2D eigenvalue weighted by molar-refractivity contribution is 9.12. The van der Waals surface area contributed by atoms with Gasteiger partial charge in [0.1, 0.15) is 0 Å². The molecule has 2 nitrogen and oxygen atoms in total. The zero-order valence-corrected chi connectivity index (χ0v) is 13.6. The molecule has 1 aliphatic carbocycles. The van der Waals surface area contributed by atoms with E-state index in [-0.39, 0.29) is 5.97 Å². The molecule has 17 heavy (non-hydrogen) atoms. The Balaban J connectivity index is 2.46. The molecule has 1 heterocycles. The molecule has 0 spiro atoms. The van der Waals surface area contributed by atoms with E-state index in [9.17, 15) is 4.79 Å². The van der Waals surface area contributed by atoms with Crippen molar-refractivity contribution in [1.29, 1.82) is 0 Å². The summed E-state index contributed by atoms with van der Waals surface area (Å²) in [6.45, 7) is 0. The molecule has 0 amide bonds. The summed E-state index contributed by atoms with van der Waals surface area (Å²) in [5.74, 6) is -0.0943. The van der Waals surface area contributed by atoms with E-state index >= 15 is 0 Å². The minimum absolute atomic E-state index is 0.0943. The van der Waals surface area contributed by atoms with E-state index in [1.54, 1.807) is 11.3 Å². The second-order valence-corrected chi connectivity index (χ2v) is 8.12. The number of thiophene rings is 1. The maximum absolute atomic E-state index is 12.2. The van der Waals surface area contributed by atoms with Crippen LogP contribution in [0.15, 0.2) is 13.6 Å². The predicted molar refractivity (Wildman–Crippen MR) is 76.5 cm³/mol. The fourth-order valence-corrected chi connectivity index (χ4v) is 5.70. The summed E-state index contributed by atoms with van der Waals surface area (Å²) in [5.41, 5.74) is 0.648. The van der Waals surface area contributed by atoms with Gasteiger partial charge in [0.25, 0.3) is 0 Å². The number of methoxy groups -OCH3 is 1. The Morgan fingerprint density at radius 3 is 2.47 bits per heavy atom. The third-order valence-corrected chi connectivity index (χ3v) is 5.79. The van der Waals surface area contributed by atoms with Gasteiger partial charge in [0.15, 0.2) is 0 Å². The highest BCUT2D eigenvalue weighted by atomic mass is 79.9. The standard InChI is InChI=1S/C12H14Br2O2S/c1-16-11(15)12(5-3-2-4-6-12)8-7-9(13)17-10(8)14/h7H,2-6H2,1H3. The summed E-state index contributed by atoms with van der Waals surface area (Å²) in [4.78, 5) is 12.2. The number of carbonyl (C=O) groups excluding carboxylic acids is 1. The van der Waals surface area contributed by atoms with Gasteiger partial charge in [0.2, 0.25) is 0 Å². The van der Waals surface area contributed by atoms with Crippen molar-refractivity contribution in [3.05, 3.63) is 19.2 Å². The quantitative estimate of drug-likeness (QED) is 0.697. The molecule has 1 aromatic heterocycles. The minimum atomic E-state index is -0.436. The van der Waals surface area contributed by atoms with E-state index in [0.717, 1.165) is 38.8 Å². The molecule has 0 N–H and O–H groups in total. The normalized spacial score (nSPS) is 19.0. The van der Waals surface area contributed by atoms with Gasteiger partial charge in [-0.15, -0.1) is 11.3 Å². The van der Waals surface area contributed by atoms with Gasteiger partial charge in [0, 0.05) is 0 Å². The molecule has 5 heteroatoms. The number of hydrogen-bond acceptors (Lipinski definition) is 3. The molecule has 0 unspecified atom stereocenters. The van der Waals surface area contributed by atoms with Crippen molar-refractivity contribution < 1.29 is 9.53 Å². The number of hydrogen-bond donors (Lipinski definition) is 0. The van der Waals surface area contributed by atoms with Crippen LogP contribution in [0.5, 0.6) is 0 Å². The molecule has 1 aromatic rings. The van der Waals surface area contributed by atoms with Gasteiger partial charge in [-0.3, -0.25) is 4.79 Å². The second-order valence-electron chi connectivity index (χ2n) is 4.37. The Hall–Kier alpha value is 0.130. The Kier molecular flexibility index (Phi) is 4.31. The van der Waals surface area contributed by atoms with Crippen molar-refractivity contribution in [2.24, 2.45) is 0 Å². The van der Waals surface area contributed by atoms with Crippen molar-refractivity contribution in [1.82, 2.24) is 0 Å². The lowest BCUT2D eigenvalue weighted by Gasteiger charge is -2.34. The maximum atomic E-state index is 12.2. The first kappa shape index (κ1) is 13.6. The second kappa shape index (κ2) is 5.41. The lowest BCUT2D eigenvalue weighted by Crippen LogP contribution is -2.38. The van der Waals surface area contributed by atoms with Gasteiger partial charge in [-0.1, -0.05) is 19.3 Å². The monoisotopic (exact) mass is 380 g/mol. The third kappa shape index (κ3) is 2.47. The molecule has 0 atom stereocenters. The highest BCUT2D eigenvalue weighted by Crippen LogP contribution is 2.47. The van der Waals surface area contributed by atoms with E-state index in [2.05, 4.69) is 37.9 Å². The van der Waals surface area contributed by atoms with Crippen LogP contribution in [0, 0.1) is 0 Å². The smallest absolute Gasteiger partial charge is 0.316 e. The molecular formula is C12H14Br2O2S. The van der Waals surface area contributed by atoms with Gasteiger partial charge in [-0.05, 0) is 56.3 Å². The zero-order chi connectivity index (χ0) is 12.5. The molecule has 0 aromatic carbocycles. The van der Waals surface area contributed by atoms with Crippen LogP contribution in [0.2, 0.25) is 0 Å². The number of esters is 1. The molecule has 0 aliphatic heterocycles. The summed E-state index contributed by atoms with van der Waals surface area (Å²) in [5, 5.41) is 0. The summed E-state index contributed by atoms with van der Waals surface area (Å²) < 4.78 is 7.13. The Bertz CT molecular complexity index is 422. The van der Waals surface area contributed by atoms with Crippen LogP contribution >= 0.6 is 43.2 Å². The van der Waals surface area contributed by atoms with Gasteiger partial charge in [0.05, 0.1) is 20.1 Å². The summed E-state index contributed by atoms with van der Waals surface area (Å²) in [6.07, 6.45) is 5.18. The Morgan fingerprint density at radius 1 is 1.35 bits per heavy atom. The fourth-order valence-electron chi connectivity index (χ4n) is 2.60. The highest BCUT2D eigenvalue weighted by Gasteiger charge is 2.44. The number of ether oxygens (including phenoxy) is 1. The van der Waals surface area contributed by atoms with E-state index < -0.39 is 5.41 Å². The molecular weight excluding hydrogens is 368 g/mol. The van der Waals surface area contributed by atoms with Crippen LogP contribution < -0.4 is 0 Å². The Labute approximate surface area is 122 Å². The topological polar surface area (TPSA) is 26.3 Å². The number of halogens is 2. The first-order valence-electron chi connectivity index (χ1n) is 5.64. The van der Waals surface area contributed by atoms with E-state index in [1.807, 2.05) is 0 Å². The van der Waals surface area contributed by atoms with Crippen molar-refractivity contribution in [3.63, 3.8) is 0 Å². The molecule has 2 rings (SSSR count). The minimum Gasteiger partial charge on any atom is -0.468 e. The largest absolute Gasteiger partial charge is 0.468 e. The molecule has 1 aliphatic rings. The van der Waals surface area contributed by atoms with E-state index in [0.29, 0.717) is 0 Å². The molecule has 0 bridgehead atoms. The SMILES string of the molecule is COC(=O)C1(c2cc(Br)sc2Br)CCCCC1. The third-order valence-electron chi connectivity index (χ3n) is 3.46. The number of rotatable bonds is 2. The number of carbonyl (C=O) groups is 1. The molecule has 94 valence electrons. The van der Waals surface area contributed by atoms with Crippen molar-refractivity contribution in [2.75, 3.05) is 7.11 Å². The maximum Gasteiger partial charge on any atom is 0.316 e.